The second kappa shape index (κ2) is 7.75. The van der Waals surface area contributed by atoms with Crippen LogP contribution < -0.4 is 5.32 Å². The van der Waals surface area contributed by atoms with Gasteiger partial charge in [-0.05, 0) is 56.9 Å². The molecule has 1 aliphatic rings. The van der Waals surface area contributed by atoms with Crippen molar-refractivity contribution in [3.63, 3.8) is 0 Å². The number of aryl methyl sites for hydroxylation is 2. The normalized spacial score (nSPS) is 13.5. The Balaban J connectivity index is 1.45. The van der Waals surface area contributed by atoms with Gasteiger partial charge in [0.15, 0.2) is 5.82 Å². The molecule has 1 fully saturated rings. The van der Waals surface area contributed by atoms with Crippen LogP contribution in [-0.4, -0.2) is 31.9 Å². The topological polar surface area (TPSA) is 72.7 Å². The third-order valence-corrected chi connectivity index (χ3v) is 5.86. The summed E-state index contributed by atoms with van der Waals surface area (Å²) in [6.45, 7) is 6.11. The fraction of sp³-hybridized carbons (Fsp3) is 0.333. The molecule has 0 spiro atoms. The van der Waals surface area contributed by atoms with Crippen molar-refractivity contribution in [2.75, 3.05) is 0 Å². The van der Waals surface area contributed by atoms with Gasteiger partial charge in [0.1, 0.15) is 5.03 Å². The zero-order valence-electron chi connectivity index (χ0n) is 16.3. The molecular formula is C21H23N5OS. The summed E-state index contributed by atoms with van der Waals surface area (Å²) < 4.78 is 1.66. The summed E-state index contributed by atoms with van der Waals surface area (Å²) in [6.07, 6.45) is 3.72. The molecule has 1 amide bonds. The van der Waals surface area contributed by atoms with Crippen LogP contribution in [-0.2, 0) is 5.75 Å². The summed E-state index contributed by atoms with van der Waals surface area (Å²) in [5.41, 5.74) is 5.21. The van der Waals surface area contributed by atoms with Crippen molar-refractivity contribution in [2.24, 2.45) is 0 Å². The van der Waals surface area contributed by atoms with E-state index in [2.05, 4.69) is 52.7 Å². The zero-order valence-corrected chi connectivity index (χ0v) is 17.1. The van der Waals surface area contributed by atoms with Crippen LogP contribution in [0.15, 0.2) is 41.6 Å². The minimum Gasteiger partial charge on any atom is -0.349 e. The smallest absolute Gasteiger partial charge is 0.254 e. The molecular weight excluding hydrogens is 370 g/mol. The van der Waals surface area contributed by atoms with Crippen LogP contribution in [0, 0.1) is 20.8 Å². The summed E-state index contributed by atoms with van der Waals surface area (Å²) >= 11 is 1.66. The molecule has 0 aliphatic heterocycles. The van der Waals surface area contributed by atoms with E-state index in [4.69, 9.17) is 0 Å². The highest BCUT2D eigenvalue weighted by Gasteiger charge is 2.25. The van der Waals surface area contributed by atoms with Gasteiger partial charge in [-0.15, -0.1) is 10.2 Å². The third kappa shape index (κ3) is 4.09. The molecule has 1 aromatic carbocycles. The predicted octanol–water partition coefficient (Wildman–Crippen LogP) is 3.77. The molecule has 1 N–H and O–H groups in total. The van der Waals surface area contributed by atoms with E-state index < -0.39 is 0 Å². The minimum atomic E-state index is -0.0695. The molecule has 0 bridgehead atoms. The van der Waals surface area contributed by atoms with Gasteiger partial charge in [-0.25, -0.2) is 4.68 Å². The molecule has 2 aromatic heterocycles. The quantitative estimate of drug-likeness (QED) is 0.646. The average Bonchev–Trinajstić information content (AvgIpc) is 3.42. The van der Waals surface area contributed by atoms with E-state index in [1.54, 1.807) is 22.6 Å². The molecule has 2 heterocycles. The molecule has 28 heavy (non-hydrogen) atoms. The summed E-state index contributed by atoms with van der Waals surface area (Å²) in [4.78, 5) is 12.3. The zero-order chi connectivity index (χ0) is 19.7. The SMILES string of the molecule is Cc1ccc(C)c(CSc2ccc(-n3ncc(C(=O)NC4CC4)c3C)nn2)c1. The average molecular weight is 394 g/mol. The standard InChI is InChI=1S/C21H23N5OS/c1-13-4-5-14(2)16(10-13)12-28-20-9-8-19(24-25-20)26-15(3)18(11-22-26)21(27)23-17-6-7-17/h4-5,8-11,17H,6-7,12H2,1-3H3,(H,23,27). The van der Waals surface area contributed by atoms with Gasteiger partial charge in [0.2, 0.25) is 0 Å². The second-order valence-corrected chi connectivity index (χ2v) is 8.25. The van der Waals surface area contributed by atoms with Crippen molar-refractivity contribution >= 4 is 17.7 Å². The van der Waals surface area contributed by atoms with Gasteiger partial charge in [-0.3, -0.25) is 4.79 Å². The molecule has 0 unspecified atom stereocenters. The Morgan fingerprint density at radius 3 is 2.71 bits per heavy atom. The van der Waals surface area contributed by atoms with E-state index >= 15 is 0 Å². The van der Waals surface area contributed by atoms with Crippen LogP contribution >= 0.6 is 11.8 Å². The fourth-order valence-electron chi connectivity index (χ4n) is 2.96. The molecule has 3 aromatic rings. The molecule has 1 aliphatic carbocycles. The molecule has 7 heteroatoms. The Morgan fingerprint density at radius 2 is 2.00 bits per heavy atom. The number of hydrogen-bond acceptors (Lipinski definition) is 5. The van der Waals surface area contributed by atoms with E-state index in [9.17, 15) is 4.79 Å². The first-order chi connectivity index (χ1) is 13.5. The van der Waals surface area contributed by atoms with E-state index in [0.29, 0.717) is 17.4 Å². The highest BCUT2D eigenvalue weighted by Crippen LogP contribution is 2.24. The molecule has 0 atom stereocenters. The highest BCUT2D eigenvalue weighted by molar-refractivity contribution is 7.98. The number of thioether (sulfide) groups is 1. The third-order valence-electron chi connectivity index (χ3n) is 4.89. The summed E-state index contributed by atoms with van der Waals surface area (Å²) in [5, 5.41) is 16.8. The van der Waals surface area contributed by atoms with Crippen molar-refractivity contribution in [1.29, 1.82) is 0 Å². The van der Waals surface area contributed by atoms with Crippen molar-refractivity contribution < 1.29 is 4.79 Å². The molecule has 0 saturated heterocycles. The van der Waals surface area contributed by atoms with Gasteiger partial charge in [-0.1, -0.05) is 35.5 Å². The van der Waals surface area contributed by atoms with Gasteiger partial charge in [0, 0.05) is 11.8 Å². The van der Waals surface area contributed by atoms with Crippen molar-refractivity contribution in [3.05, 3.63) is 64.5 Å². The largest absolute Gasteiger partial charge is 0.349 e. The van der Waals surface area contributed by atoms with Crippen LogP contribution in [0.4, 0.5) is 0 Å². The van der Waals surface area contributed by atoms with Gasteiger partial charge in [-0.2, -0.15) is 5.10 Å². The number of nitrogens with zero attached hydrogens (tertiary/aromatic N) is 4. The first-order valence-electron chi connectivity index (χ1n) is 9.40. The number of benzene rings is 1. The maximum Gasteiger partial charge on any atom is 0.254 e. The highest BCUT2D eigenvalue weighted by atomic mass is 32.2. The van der Waals surface area contributed by atoms with E-state index in [1.807, 2.05) is 19.1 Å². The Kier molecular flexibility index (Phi) is 5.17. The number of carbonyl (C=O) groups is 1. The van der Waals surface area contributed by atoms with Crippen molar-refractivity contribution in [3.8, 4) is 5.82 Å². The number of nitrogens with one attached hydrogen (secondary N) is 1. The van der Waals surface area contributed by atoms with E-state index in [0.717, 1.165) is 29.3 Å². The minimum absolute atomic E-state index is 0.0695. The Morgan fingerprint density at radius 1 is 1.18 bits per heavy atom. The molecule has 6 nitrogen and oxygen atoms in total. The summed E-state index contributed by atoms with van der Waals surface area (Å²) in [5.74, 6) is 1.40. The summed E-state index contributed by atoms with van der Waals surface area (Å²) in [6, 6.07) is 10.7. The number of rotatable bonds is 6. The van der Waals surface area contributed by atoms with Gasteiger partial charge in [0.05, 0.1) is 17.5 Å². The van der Waals surface area contributed by atoms with Crippen LogP contribution in [0.5, 0.6) is 0 Å². The maximum absolute atomic E-state index is 12.3. The number of carbonyl (C=O) groups excluding carboxylic acids is 1. The monoisotopic (exact) mass is 393 g/mol. The Labute approximate surface area is 168 Å². The second-order valence-electron chi connectivity index (χ2n) is 7.25. The van der Waals surface area contributed by atoms with Crippen molar-refractivity contribution in [2.45, 2.75) is 50.4 Å². The Hall–Kier alpha value is -2.67. The lowest BCUT2D eigenvalue weighted by molar-refractivity contribution is 0.0950. The van der Waals surface area contributed by atoms with Crippen LogP contribution in [0.25, 0.3) is 5.82 Å². The number of aromatic nitrogens is 4. The van der Waals surface area contributed by atoms with E-state index in [1.165, 1.54) is 16.7 Å². The molecule has 144 valence electrons. The lowest BCUT2D eigenvalue weighted by atomic mass is 10.1. The van der Waals surface area contributed by atoms with Crippen LogP contribution in [0.3, 0.4) is 0 Å². The fourth-order valence-corrected chi connectivity index (χ4v) is 3.84. The van der Waals surface area contributed by atoms with Crippen LogP contribution in [0.2, 0.25) is 0 Å². The number of hydrogen-bond donors (Lipinski definition) is 1. The van der Waals surface area contributed by atoms with Gasteiger partial charge in [0.25, 0.3) is 5.91 Å². The maximum atomic E-state index is 12.3. The summed E-state index contributed by atoms with van der Waals surface area (Å²) in [7, 11) is 0. The predicted molar refractivity (Wildman–Crippen MR) is 110 cm³/mol. The Bertz CT molecular complexity index is 1010. The lowest BCUT2D eigenvalue weighted by Crippen LogP contribution is -2.25. The lowest BCUT2D eigenvalue weighted by Gasteiger charge is -2.07. The number of amides is 1. The molecule has 1 saturated carbocycles. The van der Waals surface area contributed by atoms with Gasteiger partial charge < -0.3 is 5.32 Å². The molecule has 0 radical (unpaired) electrons. The van der Waals surface area contributed by atoms with Gasteiger partial charge >= 0.3 is 0 Å². The van der Waals surface area contributed by atoms with Crippen molar-refractivity contribution in [1.82, 2.24) is 25.3 Å². The van der Waals surface area contributed by atoms with E-state index in [-0.39, 0.29) is 5.91 Å². The first-order valence-corrected chi connectivity index (χ1v) is 10.4. The first kappa shape index (κ1) is 18.7. The van der Waals surface area contributed by atoms with Crippen LogP contribution in [0.1, 0.15) is 45.6 Å². The molecule has 4 rings (SSSR count).